The molecular weight excluding hydrogens is 372 g/mol. The summed E-state index contributed by atoms with van der Waals surface area (Å²) in [5, 5.41) is 0. The molecule has 1 saturated heterocycles. The molecule has 0 bridgehead atoms. The first-order valence-corrected chi connectivity index (χ1v) is 9.00. The fourth-order valence-electron chi connectivity index (χ4n) is 3.10. The quantitative estimate of drug-likeness (QED) is 0.469. The number of carbonyl (C=O) groups excluding carboxylic acids is 1. The van der Waals surface area contributed by atoms with Crippen molar-refractivity contribution in [2.24, 2.45) is 17.8 Å². The largest absolute Gasteiger partial charge is 0.464 e. The van der Waals surface area contributed by atoms with Gasteiger partial charge in [0, 0.05) is 4.83 Å². The van der Waals surface area contributed by atoms with E-state index in [0.29, 0.717) is 12.5 Å². The summed E-state index contributed by atoms with van der Waals surface area (Å²) < 4.78 is 5.19. The Morgan fingerprint density at radius 1 is 1.42 bits per heavy atom. The van der Waals surface area contributed by atoms with Gasteiger partial charge in [0.1, 0.15) is 6.61 Å². The van der Waals surface area contributed by atoms with Gasteiger partial charge in [-0.2, -0.15) is 0 Å². The van der Waals surface area contributed by atoms with Crippen LogP contribution in [0.25, 0.3) is 0 Å². The third kappa shape index (κ3) is 4.73. The van der Waals surface area contributed by atoms with Crippen molar-refractivity contribution in [2.45, 2.75) is 62.5 Å². The van der Waals surface area contributed by atoms with Crippen molar-refractivity contribution in [2.75, 3.05) is 6.61 Å². The maximum atomic E-state index is 11.6. The molecule has 0 radical (unpaired) electrons. The van der Waals surface area contributed by atoms with Crippen molar-refractivity contribution in [3.8, 4) is 0 Å². The lowest BCUT2D eigenvalue weighted by Crippen LogP contribution is -2.50. The van der Waals surface area contributed by atoms with Gasteiger partial charge in [0.05, 0.1) is 10.2 Å². The van der Waals surface area contributed by atoms with E-state index in [4.69, 9.17) is 4.74 Å². The molecule has 1 heterocycles. The standard InChI is InChI=1S/C15H26Br2O2/c1-5-6-10(2)7-11(3)8-15(17)9-19-14(18)12(4)13(15)16/h10-13H,5-9H2,1-4H3/t10-,11+,12?,13?,15?/m0/s1. The van der Waals surface area contributed by atoms with Gasteiger partial charge < -0.3 is 4.74 Å². The molecule has 1 aliphatic rings. The summed E-state index contributed by atoms with van der Waals surface area (Å²) >= 11 is 7.53. The average Bonchev–Trinajstić information content (AvgIpc) is 2.32. The van der Waals surface area contributed by atoms with Gasteiger partial charge in [-0.15, -0.1) is 0 Å². The third-order valence-electron chi connectivity index (χ3n) is 4.03. The summed E-state index contributed by atoms with van der Waals surface area (Å²) in [5.74, 6) is 1.22. The molecule has 1 aliphatic heterocycles. The molecule has 2 nitrogen and oxygen atoms in total. The minimum atomic E-state index is -0.119. The number of halogens is 2. The zero-order valence-electron chi connectivity index (χ0n) is 12.4. The van der Waals surface area contributed by atoms with Crippen molar-refractivity contribution >= 4 is 37.8 Å². The molecule has 4 heteroatoms. The van der Waals surface area contributed by atoms with Crippen molar-refractivity contribution in [1.82, 2.24) is 0 Å². The van der Waals surface area contributed by atoms with Gasteiger partial charge in [-0.05, 0) is 24.7 Å². The summed E-state index contributed by atoms with van der Waals surface area (Å²) in [6, 6.07) is 0. The van der Waals surface area contributed by atoms with Crippen molar-refractivity contribution in [1.29, 1.82) is 0 Å². The number of carbonyl (C=O) groups is 1. The Morgan fingerprint density at radius 2 is 2.05 bits per heavy atom. The first-order chi connectivity index (χ1) is 8.80. The highest BCUT2D eigenvalue weighted by molar-refractivity contribution is 9.12. The van der Waals surface area contributed by atoms with E-state index in [2.05, 4.69) is 52.6 Å². The van der Waals surface area contributed by atoms with Crippen LogP contribution in [0.15, 0.2) is 0 Å². The average molecular weight is 398 g/mol. The van der Waals surface area contributed by atoms with Crippen LogP contribution in [0.3, 0.4) is 0 Å². The lowest BCUT2D eigenvalue weighted by atomic mass is 9.83. The Balaban J connectivity index is 2.56. The molecule has 19 heavy (non-hydrogen) atoms. The van der Waals surface area contributed by atoms with Gasteiger partial charge in [0.25, 0.3) is 0 Å². The highest BCUT2D eigenvalue weighted by Gasteiger charge is 2.46. The molecule has 0 aliphatic carbocycles. The Morgan fingerprint density at radius 3 is 2.63 bits per heavy atom. The molecule has 1 rings (SSSR count). The number of esters is 1. The van der Waals surface area contributed by atoms with E-state index >= 15 is 0 Å². The lowest BCUT2D eigenvalue weighted by molar-refractivity contribution is -0.153. The van der Waals surface area contributed by atoms with E-state index in [1.807, 2.05) is 6.92 Å². The fraction of sp³-hybridized carbons (Fsp3) is 0.933. The van der Waals surface area contributed by atoms with E-state index < -0.39 is 0 Å². The van der Waals surface area contributed by atoms with Crippen LogP contribution in [0.5, 0.6) is 0 Å². The van der Waals surface area contributed by atoms with Crippen LogP contribution in [0.4, 0.5) is 0 Å². The van der Waals surface area contributed by atoms with Crippen molar-refractivity contribution < 1.29 is 9.53 Å². The molecule has 0 saturated carbocycles. The minimum absolute atomic E-state index is 0.0895. The fourth-order valence-corrected chi connectivity index (χ4v) is 4.70. The third-order valence-corrected chi connectivity index (χ3v) is 7.36. The van der Waals surface area contributed by atoms with Gasteiger partial charge in [-0.1, -0.05) is 72.4 Å². The molecule has 0 amide bonds. The van der Waals surface area contributed by atoms with Gasteiger partial charge >= 0.3 is 5.97 Å². The minimum Gasteiger partial charge on any atom is -0.464 e. The second-order valence-electron chi connectivity index (χ2n) is 6.27. The van der Waals surface area contributed by atoms with Crippen LogP contribution < -0.4 is 0 Å². The number of rotatable bonds is 6. The van der Waals surface area contributed by atoms with E-state index in [9.17, 15) is 4.79 Å². The molecule has 5 atom stereocenters. The highest BCUT2D eigenvalue weighted by atomic mass is 79.9. The van der Waals surface area contributed by atoms with Gasteiger partial charge in [-0.25, -0.2) is 0 Å². The molecule has 3 unspecified atom stereocenters. The Labute approximate surface area is 134 Å². The predicted molar refractivity (Wildman–Crippen MR) is 87.0 cm³/mol. The number of hydrogen-bond acceptors (Lipinski definition) is 2. The molecular formula is C15H26Br2O2. The van der Waals surface area contributed by atoms with Crippen molar-refractivity contribution in [3.05, 3.63) is 0 Å². The van der Waals surface area contributed by atoms with Crippen LogP contribution in [0, 0.1) is 17.8 Å². The van der Waals surface area contributed by atoms with Crippen molar-refractivity contribution in [3.63, 3.8) is 0 Å². The summed E-state index contributed by atoms with van der Waals surface area (Å²) in [6.45, 7) is 9.27. The van der Waals surface area contributed by atoms with Crippen LogP contribution in [-0.2, 0) is 9.53 Å². The summed E-state index contributed by atoms with van der Waals surface area (Å²) in [7, 11) is 0. The van der Waals surface area contributed by atoms with E-state index in [1.165, 1.54) is 19.3 Å². The SMILES string of the molecule is CCC[C@H](C)C[C@@H](C)CC1(Br)COC(=O)C(C)C1Br. The second-order valence-corrected chi connectivity index (χ2v) is 8.84. The predicted octanol–water partition coefficient (Wildman–Crippen LogP) is 4.93. The molecule has 0 aromatic heterocycles. The summed E-state index contributed by atoms with van der Waals surface area (Å²) in [5.41, 5.74) is 0. The number of cyclic esters (lactones) is 1. The van der Waals surface area contributed by atoms with Gasteiger partial charge in [0.2, 0.25) is 0 Å². The topological polar surface area (TPSA) is 26.3 Å². The van der Waals surface area contributed by atoms with E-state index in [-0.39, 0.29) is 21.0 Å². The van der Waals surface area contributed by atoms with Crippen LogP contribution >= 0.6 is 31.9 Å². The smallest absolute Gasteiger partial charge is 0.309 e. The van der Waals surface area contributed by atoms with Crippen LogP contribution in [0.2, 0.25) is 0 Å². The highest BCUT2D eigenvalue weighted by Crippen LogP contribution is 2.43. The van der Waals surface area contributed by atoms with E-state index in [0.717, 1.165) is 12.3 Å². The van der Waals surface area contributed by atoms with Crippen LogP contribution in [-0.4, -0.2) is 21.7 Å². The Bertz CT molecular complexity index is 309. The molecule has 1 fully saturated rings. The Hall–Kier alpha value is 0.430. The molecule has 0 aromatic carbocycles. The maximum Gasteiger partial charge on any atom is 0.309 e. The molecule has 0 aromatic rings. The zero-order chi connectivity index (χ0) is 14.6. The lowest BCUT2D eigenvalue weighted by Gasteiger charge is -2.40. The van der Waals surface area contributed by atoms with Gasteiger partial charge in [0.15, 0.2) is 0 Å². The number of ether oxygens (including phenoxy) is 1. The van der Waals surface area contributed by atoms with Crippen LogP contribution in [0.1, 0.15) is 53.4 Å². The van der Waals surface area contributed by atoms with Gasteiger partial charge in [-0.3, -0.25) is 4.79 Å². The normalized spacial score (nSPS) is 34.7. The number of hydrogen-bond donors (Lipinski definition) is 0. The maximum absolute atomic E-state index is 11.6. The first kappa shape index (κ1) is 17.5. The molecule has 0 spiro atoms. The monoisotopic (exact) mass is 396 g/mol. The first-order valence-electron chi connectivity index (χ1n) is 7.29. The molecule has 112 valence electrons. The summed E-state index contributed by atoms with van der Waals surface area (Å²) in [4.78, 5) is 11.7. The second kappa shape index (κ2) is 7.44. The zero-order valence-corrected chi connectivity index (χ0v) is 15.6. The molecule has 0 N–H and O–H groups in total. The van der Waals surface area contributed by atoms with E-state index in [1.54, 1.807) is 0 Å². The Kier molecular flexibility index (Phi) is 6.85. The number of alkyl halides is 2. The summed E-state index contributed by atoms with van der Waals surface area (Å²) in [6.07, 6.45) is 4.82.